The number of rotatable bonds is 6. The van der Waals surface area contributed by atoms with Crippen LogP contribution in [-0.4, -0.2) is 40.0 Å². The van der Waals surface area contributed by atoms with Crippen molar-refractivity contribution in [3.05, 3.63) is 17.0 Å². The number of hydrogen-bond acceptors (Lipinski definition) is 4. The van der Waals surface area contributed by atoms with Crippen molar-refractivity contribution >= 4 is 17.4 Å². The molecule has 0 bridgehead atoms. The quantitative estimate of drug-likeness (QED) is 0.807. The second-order valence-electron chi connectivity index (χ2n) is 7.00. The first-order valence-corrected chi connectivity index (χ1v) is 8.03. The van der Waals surface area contributed by atoms with Crippen molar-refractivity contribution in [2.45, 2.75) is 66.0 Å². The second kappa shape index (κ2) is 7.41. The van der Waals surface area contributed by atoms with Crippen molar-refractivity contribution in [2.75, 3.05) is 18.4 Å². The molecule has 21 heavy (non-hydrogen) atoms. The highest BCUT2D eigenvalue weighted by atomic mass is 35.5. The molecule has 0 amide bonds. The zero-order valence-corrected chi connectivity index (χ0v) is 15.1. The molecule has 0 saturated heterocycles. The Morgan fingerprint density at radius 1 is 1.14 bits per heavy atom. The minimum atomic E-state index is -0.108. The number of anilines is 1. The van der Waals surface area contributed by atoms with E-state index in [1.807, 2.05) is 0 Å². The van der Waals surface area contributed by atoms with E-state index < -0.39 is 0 Å². The van der Waals surface area contributed by atoms with Crippen molar-refractivity contribution in [2.24, 2.45) is 0 Å². The molecule has 0 aliphatic carbocycles. The standard InChI is InChI=1S/C16H29ClN4/c1-11(2)21(12(3)4)9-8-18-14-10-13(17)19-15(20-14)16(5,6)7/h10-12H,8-9H2,1-7H3,(H,18,19,20). The van der Waals surface area contributed by atoms with Gasteiger partial charge in [-0.1, -0.05) is 32.4 Å². The smallest absolute Gasteiger partial charge is 0.137 e. The van der Waals surface area contributed by atoms with Crippen LogP contribution in [0.2, 0.25) is 5.15 Å². The molecule has 0 atom stereocenters. The van der Waals surface area contributed by atoms with Gasteiger partial charge in [0.2, 0.25) is 0 Å². The van der Waals surface area contributed by atoms with E-state index in [2.05, 4.69) is 68.7 Å². The lowest BCUT2D eigenvalue weighted by molar-refractivity contribution is 0.182. The summed E-state index contributed by atoms with van der Waals surface area (Å²) in [6.45, 7) is 17.0. The van der Waals surface area contributed by atoms with Crippen LogP contribution < -0.4 is 5.32 Å². The van der Waals surface area contributed by atoms with Crippen LogP contribution in [-0.2, 0) is 5.41 Å². The summed E-state index contributed by atoms with van der Waals surface area (Å²) in [5.74, 6) is 1.56. The van der Waals surface area contributed by atoms with Crippen molar-refractivity contribution in [1.82, 2.24) is 14.9 Å². The van der Waals surface area contributed by atoms with Gasteiger partial charge in [0.25, 0.3) is 0 Å². The topological polar surface area (TPSA) is 41.0 Å². The predicted molar refractivity (Wildman–Crippen MR) is 91.2 cm³/mol. The zero-order valence-electron chi connectivity index (χ0n) is 14.4. The van der Waals surface area contributed by atoms with E-state index in [1.54, 1.807) is 6.07 Å². The summed E-state index contributed by atoms with van der Waals surface area (Å²) >= 11 is 6.10. The maximum Gasteiger partial charge on any atom is 0.137 e. The SMILES string of the molecule is CC(C)N(CCNc1cc(Cl)nc(C(C)(C)C)n1)C(C)C. The van der Waals surface area contributed by atoms with Crippen LogP contribution in [0.15, 0.2) is 6.07 Å². The molecule has 1 heterocycles. The molecule has 1 N–H and O–H groups in total. The molecule has 0 aliphatic rings. The third kappa shape index (κ3) is 5.79. The van der Waals surface area contributed by atoms with E-state index in [4.69, 9.17) is 11.6 Å². The highest BCUT2D eigenvalue weighted by Crippen LogP contribution is 2.22. The van der Waals surface area contributed by atoms with Crippen LogP contribution in [0.5, 0.6) is 0 Å². The van der Waals surface area contributed by atoms with E-state index in [9.17, 15) is 0 Å². The second-order valence-corrected chi connectivity index (χ2v) is 7.39. The normalized spacial score (nSPS) is 12.5. The number of hydrogen-bond donors (Lipinski definition) is 1. The minimum Gasteiger partial charge on any atom is -0.369 e. The molecule has 120 valence electrons. The molecule has 0 aliphatic heterocycles. The zero-order chi connectivity index (χ0) is 16.2. The summed E-state index contributed by atoms with van der Waals surface area (Å²) in [6, 6.07) is 2.85. The first-order valence-electron chi connectivity index (χ1n) is 7.66. The lowest BCUT2D eigenvalue weighted by Gasteiger charge is -2.30. The van der Waals surface area contributed by atoms with Gasteiger partial charge in [-0.2, -0.15) is 0 Å². The van der Waals surface area contributed by atoms with Crippen molar-refractivity contribution in [1.29, 1.82) is 0 Å². The summed E-state index contributed by atoms with van der Waals surface area (Å²) in [5, 5.41) is 3.85. The van der Waals surface area contributed by atoms with Crippen LogP contribution in [0.1, 0.15) is 54.3 Å². The van der Waals surface area contributed by atoms with E-state index in [0.29, 0.717) is 17.2 Å². The van der Waals surface area contributed by atoms with Crippen LogP contribution >= 0.6 is 11.6 Å². The summed E-state index contributed by atoms with van der Waals surface area (Å²) < 4.78 is 0. The molecule has 1 aromatic rings. The molecule has 1 aromatic heterocycles. The summed E-state index contributed by atoms with van der Waals surface area (Å²) in [6.07, 6.45) is 0. The maximum absolute atomic E-state index is 6.10. The third-order valence-electron chi connectivity index (χ3n) is 3.37. The molecule has 0 fully saturated rings. The first-order chi connectivity index (χ1) is 9.61. The van der Waals surface area contributed by atoms with E-state index in [1.165, 1.54) is 0 Å². The molecule has 0 unspecified atom stereocenters. The third-order valence-corrected chi connectivity index (χ3v) is 3.56. The molecule has 4 nitrogen and oxygen atoms in total. The Bertz CT molecular complexity index is 444. The van der Waals surface area contributed by atoms with Gasteiger partial charge in [-0.25, -0.2) is 9.97 Å². The van der Waals surface area contributed by atoms with Crippen LogP contribution in [0.4, 0.5) is 5.82 Å². The number of aromatic nitrogens is 2. The molecule has 0 aromatic carbocycles. The van der Waals surface area contributed by atoms with Crippen LogP contribution in [0.25, 0.3) is 0 Å². The molecular weight excluding hydrogens is 284 g/mol. The summed E-state index contributed by atoms with van der Waals surface area (Å²) in [7, 11) is 0. The van der Waals surface area contributed by atoms with Gasteiger partial charge < -0.3 is 5.32 Å². The largest absolute Gasteiger partial charge is 0.369 e. The Balaban J connectivity index is 2.70. The van der Waals surface area contributed by atoms with Crippen molar-refractivity contribution < 1.29 is 0 Å². The van der Waals surface area contributed by atoms with E-state index in [0.717, 1.165) is 24.7 Å². The lowest BCUT2D eigenvalue weighted by atomic mass is 9.96. The fraction of sp³-hybridized carbons (Fsp3) is 0.750. The number of nitrogens with zero attached hydrogens (tertiary/aromatic N) is 3. The Hall–Kier alpha value is -0.870. The minimum absolute atomic E-state index is 0.108. The van der Waals surface area contributed by atoms with Crippen molar-refractivity contribution in [3.63, 3.8) is 0 Å². The van der Waals surface area contributed by atoms with Crippen LogP contribution in [0, 0.1) is 0 Å². The summed E-state index contributed by atoms with van der Waals surface area (Å²) in [5.41, 5.74) is -0.108. The van der Waals surface area contributed by atoms with Gasteiger partial charge in [-0.3, -0.25) is 4.90 Å². The number of halogens is 1. The van der Waals surface area contributed by atoms with Gasteiger partial charge in [0.15, 0.2) is 0 Å². The molecule has 0 radical (unpaired) electrons. The molecule has 0 saturated carbocycles. The van der Waals surface area contributed by atoms with Gasteiger partial charge in [0.05, 0.1) is 0 Å². The molecule has 1 rings (SSSR count). The first kappa shape index (κ1) is 18.2. The highest BCUT2D eigenvalue weighted by Gasteiger charge is 2.19. The van der Waals surface area contributed by atoms with Gasteiger partial charge in [-0.15, -0.1) is 0 Å². The van der Waals surface area contributed by atoms with E-state index in [-0.39, 0.29) is 5.41 Å². The predicted octanol–water partition coefficient (Wildman–Crippen LogP) is 3.96. The van der Waals surface area contributed by atoms with Crippen LogP contribution in [0.3, 0.4) is 0 Å². The summed E-state index contributed by atoms with van der Waals surface area (Å²) in [4.78, 5) is 11.3. The monoisotopic (exact) mass is 312 g/mol. The van der Waals surface area contributed by atoms with Gasteiger partial charge in [0, 0.05) is 36.7 Å². The van der Waals surface area contributed by atoms with Gasteiger partial charge in [0.1, 0.15) is 16.8 Å². The Morgan fingerprint density at radius 2 is 1.71 bits per heavy atom. The maximum atomic E-state index is 6.10. The fourth-order valence-electron chi connectivity index (χ4n) is 2.27. The molecule has 0 spiro atoms. The Morgan fingerprint density at radius 3 is 2.19 bits per heavy atom. The molecular formula is C16H29ClN4. The fourth-order valence-corrected chi connectivity index (χ4v) is 2.45. The molecule has 5 heteroatoms. The average Bonchev–Trinajstić information content (AvgIpc) is 2.31. The van der Waals surface area contributed by atoms with Crippen molar-refractivity contribution in [3.8, 4) is 0 Å². The van der Waals surface area contributed by atoms with Gasteiger partial charge >= 0.3 is 0 Å². The average molecular weight is 313 g/mol. The Kier molecular flexibility index (Phi) is 6.41. The lowest BCUT2D eigenvalue weighted by Crippen LogP contribution is -2.40. The number of nitrogens with one attached hydrogen (secondary N) is 1. The Labute approximate surface area is 134 Å². The van der Waals surface area contributed by atoms with E-state index >= 15 is 0 Å². The highest BCUT2D eigenvalue weighted by molar-refractivity contribution is 6.29. The van der Waals surface area contributed by atoms with Gasteiger partial charge in [-0.05, 0) is 27.7 Å².